The van der Waals surface area contributed by atoms with Gasteiger partial charge in [0, 0.05) is 18.5 Å². The molecule has 1 aliphatic rings. The summed E-state index contributed by atoms with van der Waals surface area (Å²) >= 11 is 0. The van der Waals surface area contributed by atoms with Crippen LogP contribution in [0, 0.1) is 0 Å². The molecule has 1 fully saturated rings. The topological polar surface area (TPSA) is 47.0 Å². The van der Waals surface area contributed by atoms with Gasteiger partial charge in [-0.3, -0.25) is 0 Å². The highest BCUT2D eigenvalue weighted by Gasteiger charge is 2.19. The van der Waals surface area contributed by atoms with E-state index in [1.165, 1.54) is 12.8 Å². The molecule has 112 valence electrons. The van der Waals surface area contributed by atoms with E-state index in [0.29, 0.717) is 18.1 Å². The highest BCUT2D eigenvalue weighted by Crippen LogP contribution is 2.26. The van der Waals surface area contributed by atoms with E-state index in [0.717, 1.165) is 36.7 Å². The lowest BCUT2D eigenvalue weighted by atomic mass is 10.2. The van der Waals surface area contributed by atoms with Gasteiger partial charge in [-0.05, 0) is 25.7 Å². The molecule has 1 aromatic rings. The predicted molar refractivity (Wildman–Crippen MR) is 81.0 cm³/mol. The molecule has 0 atom stereocenters. The van der Waals surface area contributed by atoms with Crippen molar-refractivity contribution in [2.45, 2.75) is 78.0 Å². The van der Waals surface area contributed by atoms with Gasteiger partial charge in [-0.25, -0.2) is 9.97 Å². The quantitative estimate of drug-likeness (QED) is 0.865. The predicted octanol–water partition coefficient (Wildman–Crippen LogP) is 3.42. The third kappa shape index (κ3) is 4.17. The van der Waals surface area contributed by atoms with E-state index in [1.807, 2.05) is 6.20 Å². The van der Waals surface area contributed by atoms with E-state index < -0.39 is 0 Å². The fraction of sp³-hybridized carbons (Fsp3) is 0.750. The molecule has 1 aliphatic carbocycles. The van der Waals surface area contributed by atoms with Crippen LogP contribution in [0.4, 0.5) is 0 Å². The minimum absolute atomic E-state index is 0.341. The Morgan fingerprint density at radius 2 is 1.95 bits per heavy atom. The second kappa shape index (κ2) is 7.02. The molecule has 1 heterocycles. The average molecular weight is 277 g/mol. The van der Waals surface area contributed by atoms with Crippen LogP contribution >= 0.6 is 0 Å². The molecule has 1 aromatic heterocycles. The van der Waals surface area contributed by atoms with Gasteiger partial charge in [-0.15, -0.1) is 0 Å². The third-order valence-electron chi connectivity index (χ3n) is 3.64. The van der Waals surface area contributed by atoms with Crippen molar-refractivity contribution in [1.29, 1.82) is 0 Å². The Kier molecular flexibility index (Phi) is 5.35. The van der Waals surface area contributed by atoms with E-state index in [1.54, 1.807) is 0 Å². The molecular weight excluding hydrogens is 250 g/mol. The van der Waals surface area contributed by atoms with Gasteiger partial charge < -0.3 is 10.1 Å². The monoisotopic (exact) mass is 277 g/mol. The Balaban J connectivity index is 2.14. The van der Waals surface area contributed by atoms with Crippen molar-refractivity contribution >= 4 is 0 Å². The molecule has 0 amide bonds. The number of nitrogens with one attached hydrogen (secondary N) is 1. The van der Waals surface area contributed by atoms with Crippen molar-refractivity contribution in [2.24, 2.45) is 0 Å². The Labute approximate surface area is 122 Å². The van der Waals surface area contributed by atoms with Crippen LogP contribution in [0.25, 0.3) is 0 Å². The minimum atomic E-state index is 0.341. The molecule has 20 heavy (non-hydrogen) atoms. The first-order chi connectivity index (χ1) is 9.56. The average Bonchev–Trinajstić information content (AvgIpc) is 2.90. The Hall–Kier alpha value is -1.16. The number of hydrogen-bond acceptors (Lipinski definition) is 4. The van der Waals surface area contributed by atoms with Gasteiger partial charge in [0.2, 0.25) is 0 Å². The summed E-state index contributed by atoms with van der Waals surface area (Å²) in [5, 5.41) is 3.42. The van der Waals surface area contributed by atoms with Crippen LogP contribution in [0.1, 0.15) is 70.8 Å². The van der Waals surface area contributed by atoms with Crippen LogP contribution in [0.2, 0.25) is 0 Å². The van der Waals surface area contributed by atoms with Gasteiger partial charge in [0.1, 0.15) is 5.82 Å². The molecule has 1 saturated carbocycles. The zero-order valence-corrected chi connectivity index (χ0v) is 13.1. The first-order valence-corrected chi connectivity index (χ1v) is 7.82. The first-order valence-electron chi connectivity index (χ1n) is 7.82. The summed E-state index contributed by atoms with van der Waals surface area (Å²) in [4.78, 5) is 9.13. The van der Waals surface area contributed by atoms with Gasteiger partial charge >= 0.3 is 0 Å². The number of ether oxygens (including phenoxy) is 1. The molecule has 0 saturated heterocycles. The number of aromatic nitrogens is 2. The summed E-state index contributed by atoms with van der Waals surface area (Å²) in [5.74, 6) is 2.09. The van der Waals surface area contributed by atoms with Crippen molar-refractivity contribution in [3.63, 3.8) is 0 Å². The SMILES string of the molecule is CC(C)NCc1nc(C(C)C)ncc1OC1CCCC1. The maximum Gasteiger partial charge on any atom is 0.160 e. The maximum absolute atomic E-state index is 6.11. The van der Waals surface area contributed by atoms with Gasteiger partial charge in [0.05, 0.1) is 18.0 Å². The third-order valence-corrected chi connectivity index (χ3v) is 3.64. The Morgan fingerprint density at radius 3 is 2.55 bits per heavy atom. The fourth-order valence-corrected chi connectivity index (χ4v) is 2.41. The van der Waals surface area contributed by atoms with Crippen LogP contribution in [0.3, 0.4) is 0 Å². The van der Waals surface area contributed by atoms with Crippen LogP contribution in [0.5, 0.6) is 5.75 Å². The normalized spacial score (nSPS) is 16.3. The van der Waals surface area contributed by atoms with E-state index in [-0.39, 0.29) is 0 Å². The molecule has 1 N–H and O–H groups in total. The number of nitrogens with zero attached hydrogens (tertiary/aromatic N) is 2. The molecule has 0 aromatic carbocycles. The molecule has 0 radical (unpaired) electrons. The lowest BCUT2D eigenvalue weighted by Crippen LogP contribution is -2.24. The largest absolute Gasteiger partial charge is 0.487 e. The summed E-state index contributed by atoms with van der Waals surface area (Å²) < 4.78 is 6.11. The smallest absolute Gasteiger partial charge is 0.160 e. The van der Waals surface area contributed by atoms with Crippen molar-refractivity contribution < 1.29 is 4.74 Å². The molecule has 2 rings (SSSR count). The fourth-order valence-electron chi connectivity index (χ4n) is 2.41. The maximum atomic E-state index is 6.11. The van der Waals surface area contributed by atoms with Gasteiger partial charge in [0.15, 0.2) is 5.75 Å². The summed E-state index contributed by atoms with van der Waals surface area (Å²) in [5.41, 5.74) is 0.990. The first kappa shape index (κ1) is 15.2. The highest BCUT2D eigenvalue weighted by molar-refractivity contribution is 5.26. The molecule has 0 aliphatic heterocycles. The second-order valence-electron chi connectivity index (χ2n) is 6.25. The van der Waals surface area contributed by atoms with Crippen LogP contribution < -0.4 is 10.1 Å². The van der Waals surface area contributed by atoms with Crippen molar-refractivity contribution in [1.82, 2.24) is 15.3 Å². The van der Waals surface area contributed by atoms with E-state index in [4.69, 9.17) is 4.74 Å². The van der Waals surface area contributed by atoms with Crippen molar-refractivity contribution in [3.05, 3.63) is 17.7 Å². The van der Waals surface area contributed by atoms with E-state index >= 15 is 0 Å². The highest BCUT2D eigenvalue weighted by atomic mass is 16.5. The molecule has 4 heteroatoms. The van der Waals surface area contributed by atoms with Crippen molar-refractivity contribution in [2.75, 3.05) is 0 Å². The van der Waals surface area contributed by atoms with E-state index in [9.17, 15) is 0 Å². The standard InChI is InChI=1S/C16H27N3O/c1-11(2)16-18-10-15(20-13-7-5-6-8-13)14(19-16)9-17-12(3)4/h10-13,17H,5-9H2,1-4H3. The van der Waals surface area contributed by atoms with Crippen LogP contribution in [-0.4, -0.2) is 22.1 Å². The summed E-state index contributed by atoms with van der Waals surface area (Å²) in [6.45, 7) is 9.25. The molecule has 4 nitrogen and oxygen atoms in total. The Bertz CT molecular complexity index is 426. The summed E-state index contributed by atoms with van der Waals surface area (Å²) in [6, 6.07) is 0.437. The summed E-state index contributed by atoms with van der Waals surface area (Å²) in [7, 11) is 0. The zero-order chi connectivity index (χ0) is 14.5. The van der Waals surface area contributed by atoms with Gasteiger partial charge in [-0.2, -0.15) is 0 Å². The van der Waals surface area contributed by atoms with E-state index in [2.05, 4.69) is 43.0 Å². The molecular formula is C16H27N3O. The van der Waals surface area contributed by atoms with Crippen molar-refractivity contribution in [3.8, 4) is 5.75 Å². The number of rotatable bonds is 6. The Morgan fingerprint density at radius 1 is 1.25 bits per heavy atom. The van der Waals surface area contributed by atoms with Crippen LogP contribution in [-0.2, 0) is 6.54 Å². The van der Waals surface area contributed by atoms with Gasteiger partial charge in [0.25, 0.3) is 0 Å². The molecule has 0 spiro atoms. The lowest BCUT2D eigenvalue weighted by molar-refractivity contribution is 0.205. The minimum Gasteiger partial charge on any atom is -0.487 e. The number of hydrogen-bond donors (Lipinski definition) is 1. The summed E-state index contributed by atoms with van der Waals surface area (Å²) in [6.07, 6.45) is 7.07. The lowest BCUT2D eigenvalue weighted by Gasteiger charge is -2.18. The zero-order valence-electron chi connectivity index (χ0n) is 13.1. The second-order valence-corrected chi connectivity index (χ2v) is 6.25. The molecule has 0 bridgehead atoms. The van der Waals surface area contributed by atoms with Crippen LogP contribution in [0.15, 0.2) is 6.20 Å². The van der Waals surface area contributed by atoms with Gasteiger partial charge in [-0.1, -0.05) is 27.7 Å². The molecule has 0 unspecified atom stereocenters.